The summed E-state index contributed by atoms with van der Waals surface area (Å²) in [4.78, 5) is 0. The average molecular weight is 100 g/mol. The minimum absolute atomic E-state index is 0.319. The number of hydrogen-bond acceptors (Lipinski definition) is 4. The van der Waals surface area contributed by atoms with E-state index in [1.165, 1.54) is 12.3 Å². The van der Waals surface area contributed by atoms with Crippen LogP contribution in [0, 0.1) is 0 Å². The van der Waals surface area contributed by atoms with Crippen LogP contribution in [0.15, 0.2) is 16.9 Å². The Morgan fingerprint density at radius 2 is 2.71 bits per heavy atom. The zero-order chi connectivity index (χ0) is 5.11. The summed E-state index contributed by atoms with van der Waals surface area (Å²) in [7, 11) is 0. The molecule has 0 saturated heterocycles. The summed E-state index contributed by atoms with van der Waals surface area (Å²) >= 11 is 0. The van der Waals surface area contributed by atoms with Crippen LogP contribution in [0.1, 0.15) is 0 Å². The first kappa shape index (κ1) is 4.14. The lowest BCUT2D eigenvalue weighted by molar-refractivity contribution is 0.368. The normalized spacial score (nSPS) is 8.71. The Kier molecular flexibility index (Phi) is 0.953. The van der Waals surface area contributed by atoms with Gasteiger partial charge in [-0.15, -0.1) is 0 Å². The smallest absolute Gasteiger partial charge is 0.192 e. The molecule has 0 radical (unpaired) electrons. The zero-order valence-corrected chi connectivity index (χ0v) is 3.46. The second-order valence-electron chi connectivity index (χ2n) is 0.996. The van der Waals surface area contributed by atoms with Crippen LogP contribution in [-0.2, 0) is 0 Å². The van der Waals surface area contributed by atoms with Crippen LogP contribution >= 0.6 is 0 Å². The van der Waals surface area contributed by atoms with Gasteiger partial charge in [0.05, 0.1) is 0 Å². The lowest BCUT2D eigenvalue weighted by Crippen LogP contribution is -1.86. The highest BCUT2D eigenvalue weighted by Crippen LogP contribution is 1.96. The van der Waals surface area contributed by atoms with Crippen molar-refractivity contribution in [3.63, 3.8) is 0 Å². The van der Waals surface area contributed by atoms with Crippen molar-refractivity contribution in [1.29, 1.82) is 0 Å². The second kappa shape index (κ2) is 1.61. The lowest BCUT2D eigenvalue weighted by atomic mass is 10.7. The first-order valence-electron chi connectivity index (χ1n) is 1.74. The van der Waals surface area contributed by atoms with Gasteiger partial charge in [0.1, 0.15) is 6.26 Å². The Bertz CT molecular complexity index is 125. The number of nitrogens with one attached hydrogen (secondary N) is 1. The van der Waals surface area contributed by atoms with E-state index in [1.54, 1.807) is 5.48 Å². The molecule has 0 aliphatic heterocycles. The van der Waals surface area contributed by atoms with Gasteiger partial charge in [0.2, 0.25) is 0 Å². The third-order valence-electron chi connectivity index (χ3n) is 0.552. The van der Waals surface area contributed by atoms with Crippen LogP contribution < -0.4 is 5.48 Å². The van der Waals surface area contributed by atoms with Gasteiger partial charge in [-0.3, -0.25) is 5.21 Å². The summed E-state index contributed by atoms with van der Waals surface area (Å²) in [6.45, 7) is 0. The summed E-state index contributed by atoms with van der Waals surface area (Å²) in [6.07, 6.45) is 1.36. The van der Waals surface area contributed by atoms with Crippen molar-refractivity contribution in [3.8, 4) is 0 Å². The highest BCUT2D eigenvalue weighted by molar-refractivity contribution is 5.26. The van der Waals surface area contributed by atoms with Gasteiger partial charge in [0.15, 0.2) is 5.82 Å². The van der Waals surface area contributed by atoms with Gasteiger partial charge >= 0.3 is 0 Å². The number of hydrogen-bond donors (Lipinski definition) is 2. The van der Waals surface area contributed by atoms with Crippen molar-refractivity contribution in [3.05, 3.63) is 12.3 Å². The van der Waals surface area contributed by atoms with Crippen molar-refractivity contribution in [2.24, 2.45) is 0 Å². The highest BCUT2D eigenvalue weighted by atomic mass is 16.5. The molecule has 0 fully saturated rings. The molecule has 1 heterocycles. The van der Waals surface area contributed by atoms with E-state index < -0.39 is 0 Å². The molecule has 38 valence electrons. The highest BCUT2D eigenvalue weighted by Gasteiger charge is 1.85. The Morgan fingerprint density at radius 3 is 3.00 bits per heavy atom. The van der Waals surface area contributed by atoms with E-state index in [1.807, 2.05) is 0 Å². The van der Waals surface area contributed by atoms with Gasteiger partial charge in [-0.2, -0.15) is 0 Å². The molecule has 0 unspecified atom stereocenters. The fourth-order valence-corrected chi connectivity index (χ4v) is 0.270. The standard InChI is InChI=1S/C3H4N2O2/c6-4-3-1-2-7-5-3/h1-2,6H,(H,4,5). The molecule has 0 amide bonds. The molecule has 1 aromatic heterocycles. The molecule has 1 rings (SSSR count). The van der Waals surface area contributed by atoms with Crippen molar-refractivity contribution in [1.82, 2.24) is 5.16 Å². The van der Waals surface area contributed by atoms with Gasteiger partial charge in [-0.25, -0.2) is 5.48 Å². The van der Waals surface area contributed by atoms with Crippen molar-refractivity contribution in [2.75, 3.05) is 5.48 Å². The van der Waals surface area contributed by atoms with E-state index in [9.17, 15) is 0 Å². The molecule has 0 aliphatic rings. The van der Waals surface area contributed by atoms with E-state index in [0.717, 1.165) is 0 Å². The Hall–Kier alpha value is -1.03. The monoisotopic (exact) mass is 100 g/mol. The maximum atomic E-state index is 8.05. The van der Waals surface area contributed by atoms with Crippen LogP contribution in [-0.4, -0.2) is 10.4 Å². The van der Waals surface area contributed by atoms with E-state index in [-0.39, 0.29) is 0 Å². The van der Waals surface area contributed by atoms with E-state index >= 15 is 0 Å². The lowest BCUT2D eigenvalue weighted by Gasteiger charge is -1.81. The van der Waals surface area contributed by atoms with Gasteiger partial charge < -0.3 is 4.52 Å². The third-order valence-corrected chi connectivity index (χ3v) is 0.552. The van der Waals surface area contributed by atoms with Crippen LogP contribution in [0.4, 0.5) is 5.82 Å². The number of aromatic nitrogens is 1. The van der Waals surface area contributed by atoms with Crippen molar-refractivity contribution in [2.45, 2.75) is 0 Å². The predicted molar refractivity (Wildman–Crippen MR) is 21.9 cm³/mol. The molecular weight excluding hydrogens is 96.0 g/mol. The summed E-state index contributed by atoms with van der Waals surface area (Å²) in [6, 6.07) is 1.50. The van der Waals surface area contributed by atoms with Crippen LogP contribution in [0.25, 0.3) is 0 Å². The van der Waals surface area contributed by atoms with Crippen LogP contribution in [0.2, 0.25) is 0 Å². The minimum atomic E-state index is 0.319. The molecule has 4 heteroatoms. The minimum Gasteiger partial charge on any atom is -0.363 e. The molecule has 0 aromatic carbocycles. The molecule has 7 heavy (non-hydrogen) atoms. The van der Waals surface area contributed by atoms with Gasteiger partial charge in [-0.05, 0) is 0 Å². The van der Waals surface area contributed by atoms with Crippen molar-refractivity contribution < 1.29 is 9.73 Å². The summed E-state index contributed by atoms with van der Waals surface area (Å²) in [5, 5.41) is 11.4. The fourth-order valence-electron chi connectivity index (χ4n) is 0.270. The topological polar surface area (TPSA) is 58.3 Å². The molecule has 1 aromatic rings. The molecule has 0 bridgehead atoms. The summed E-state index contributed by atoms with van der Waals surface area (Å²) < 4.78 is 4.33. The molecule has 4 nitrogen and oxygen atoms in total. The van der Waals surface area contributed by atoms with E-state index in [0.29, 0.717) is 5.82 Å². The first-order chi connectivity index (χ1) is 3.43. The molecule has 0 aliphatic carbocycles. The summed E-state index contributed by atoms with van der Waals surface area (Å²) in [5.41, 5.74) is 1.80. The predicted octanol–water partition coefficient (Wildman–Crippen LogP) is 0.476. The molecular formula is C3H4N2O2. The van der Waals surface area contributed by atoms with Gasteiger partial charge in [0.25, 0.3) is 0 Å². The number of anilines is 1. The molecule has 0 spiro atoms. The fraction of sp³-hybridized carbons (Fsp3) is 0. The Morgan fingerprint density at radius 1 is 1.86 bits per heavy atom. The summed E-state index contributed by atoms with van der Waals surface area (Å²) in [5.74, 6) is 0.319. The Balaban J connectivity index is 2.76. The quantitative estimate of drug-likeness (QED) is 0.504. The molecule has 0 saturated carbocycles. The van der Waals surface area contributed by atoms with Gasteiger partial charge in [-0.1, -0.05) is 5.16 Å². The Labute approximate surface area is 39.7 Å². The maximum absolute atomic E-state index is 8.05. The maximum Gasteiger partial charge on any atom is 0.192 e. The second-order valence-corrected chi connectivity index (χ2v) is 0.996. The largest absolute Gasteiger partial charge is 0.363 e. The number of rotatable bonds is 1. The first-order valence-corrected chi connectivity index (χ1v) is 1.74. The van der Waals surface area contributed by atoms with Gasteiger partial charge in [0, 0.05) is 6.07 Å². The van der Waals surface area contributed by atoms with Crippen LogP contribution in [0.3, 0.4) is 0 Å². The molecule has 2 N–H and O–H groups in total. The van der Waals surface area contributed by atoms with E-state index in [4.69, 9.17) is 5.21 Å². The SMILES string of the molecule is ONc1ccon1. The van der Waals surface area contributed by atoms with Crippen LogP contribution in [0.5, 0.6) is 0 Å². The average Bonchev–Trinajstić information content (AvgIpc) is 2.14. The molecule has 0 atom stereocenters. The van der Waals surface area contributed by atoms with E-state index in [2.05, 4.69) is 9.68 Å². The zero-order valence-electron chi connectivity index (χ0n) is 3.46. The third kappa shape index (κ3) is 0.690. The van der Waals surface area contributed by atoms with Crippen molar-refractivity contribution >= 4 is 5.82 Å². The number of nitrogens with zero attached hydrogens (tertiary/aromatic N) is 1.